The molecule has 4 saturated heterocycles. The van der Waals surface area contributed by atoms with Gasteiger partial charge < -0.3 is 29.6 Å². The molecule has 0 radical (unpaired) electrons. The van der Waals surface area contributed by atoms with Crippen molar-refractivity contribution in [3.05, 3.63) is 83.2 Å². The number of H-pyrrole nitrogens is 1. The number of rotatable bonds is 7. The summed E-state index contributed by atoms with van der Waals surface area (Å²) in [5, 5.41) is 12.4. The number of nitrogens with zero attached hydrogens (tertiary/aromatic N) is 5. The van der Waals surface area contributed by atoms with Crippen LogP contribution < -0.4 is 14.8 Å². The van der Waals surface area contributed by atoms with Crippen molar-refractivity contribution in [1.82, 2.24) is 19.8 Å². The Morgan fingerprint density at radius 1 is 0.881 bits per heavy atom. The predicted octanol–water partition coefficient (Wildman–Crippen LogP) is 8.82. The van der Waals surface area contributed by atoms with Gasteiger partial charge in [0.2, 0.25) is 5.91 Å². The number of anilines is 3. The van der Waals surface area contributed by atoms with Gasteiger partial charge in [0.1, 0.15) is 32.8 Å². The molecule has 3 N–H and O–H groups in total. The lowest BCUT2D eigenvalue weighted by atomic mass is 9.91. The molecule has 59 heavy (non-hydrogen) atoms. The van der Waals surface area contributed by atoms with Gasteiger partial charge in [0.15, 0.2) is 11.6 Å². The van der Waals surface area contributed by atoms with E-state index in [1.165, 1.54) is 17.0 Å². The molecule has 3 amide bonds. The van der Waals surface area contributed by atoms with Crippen LogP contribution in [0.2, 0.25) is 6.04 Å². The molecule has 4 aliphatic rings. The molecule has 12 nitrogen and oxygen atoms in total. The van der Waals surface area contributed by atoms with Crippen LogP contribution >= 0.6 is 0 Å². The fraction of sp³-hybridized carbons (Fsp3) is 0.500. The van der Waals surface area contributed by atoms with Crippen molar-refractivity contribution >= 4 is 55.9 Å². The van der Waals surface area contributed by atoms with Crippen molar-refractivity contribution in [2.75, 3.05) is 34.4 Å². The van der Waals surface area contributed by atoms with E-state index in [2.05, 4.69) is 35.1 Å². The number of nitrogens with one attached hydrogen (secondary N) is 2. The molecule has 1 aromatic heterocycles. The van der Waals surface area contributed by atoms with Gasteiger partial charge in [0.25, 0.3) is 0 Å². The lowest BCUT2D eigenvalue weighted by Gasteiger charge is -2.39. The topological polar surface area (TPSA) is 134 Å². The predicted molar refractivity (Wildman–Crippen MR) is 226 cm³/mol. The number of carbonyl (C=O) groups excluding carboxylic acids is 2. The Hall–Kier alpha value is -5.18. The van der Waals surface area contributed by atoms with Crippen LogP contribution in [0.15, 0.2) is 54.6 Å². The molecule has 15 heteroatoms. The van der Waals surface area contributed by atoms with Crippen LogP contribution in [-0.2, 0) is 9.53 Å². The van der Waals surface area contributed by atoms with E-state index in [-0.39, 0.29) is 41.2 Å². The Kier molecular flexibility index (Phi) is 10.9. The molecule has 0 aliphatic carbocycles. The van der Waals surface area contributed by atoms with Crippen molar-refractivity contribution < 1.29 is 33.0 Å². The van der Waals surface area contributed by atoms with Crippen LogP contribution in [-0.4, -0.2) is 83.9 Å². The Morgan fingerprint density at radius 2 is 1.54 bits per heavy atom. The maximum Gasteiger partial charge on any atom is 0.410 e. The smallest absolute Gasteiger partial charge is 0.410 e. The molecule has 0 bridgehead atoms. The zero-order chi connectivity index (χ0) is 41.8. The first kappa shape index (κ1) is 40.6. The largest absolute Gasteiger partial charge is 0.465 e. The van der Waals surface area contributed by atoms with Gasteiger partial charge in [-0.1, -0.05) is 32.0 Å². The third-order valence-electron chi connectivity index (χ3n) is 12.6. The molecular weight excluding hydrogens is 773 g/mol. The number of aromatic amines is 1. The molecule has 314 valence electrons. The number of fused-ring (bicyclic) bond motifs is 1. The standard InChI is InChI=1S/C44H55F2N7O5Si/c1-43(2,3)58-42(57)51-20-6-8-36(51)39-48-32-15-12-27(22-33(32)49-39)35-17-16-34(26-10-13-28(14-11-26)47-40(54)37-9-7-19-50(37)41(55)56)53(35)29-23-30(45)38(31(46)24-29)52-21-18-44(4,5)25-59-52/h10-15,22-24,34-37H,6-9,16-21,25,59H2,1-5H3,(H,47,54)(H,48,49)(H,55,56)/t34-,35-,36?,37?/m0/s1. The van der Waals surface area contributed by atoms with Gasteiger partial charge in [-0.3, -0.25) is 14.6 Å². The highest BCUT2D eigenvalue weighted by molar-refractivity contribution is 6.42. The van der Waals surface area contributed by atoms with Gasteiger partial charge in [-0.2, -0.15) is 0 Å². The average Bonchev–Trinajstić information content (AvgIpc) is 4.00. The van der Waals surface area contributed by atoms with E-state index in [1.54, 1.807) is 17.0 Å². The van der Waals surface area contributed by atoms with E-state index >= 15 is 8.78 Å². The molecule has 4 fully saturated rings. The van der Waals surface area contributed by atoms with E-state index in [0.29, 0.717) is 62.5 Å². The second kappa shape index (κ2) is 15.8. The van der Waals surface area contributed by atoms with Crippen molar-refractivity contribution in [1.29, 1.82) is 0 Å². The molecule has 4 aromatic rings. The fourth-order valence-electron chi connectivity index (χ4n) is 9.45. The zero-order valence-corrected chi connectivity index (χ0v) is 36.0. The van der Waals surface area contributed by atoms with Gasteiger partial charge in [0.05, 0.1) is 29.2 Å². The first-order chi connectivity index (χ1) is 28.0. The molecule has 4 atom stereocenters. The summed E-state index contributed by atoms with van der Waals surface area (Å²) in [5.74, 6) is -0.787. The number of hydrogen-bond acceptors (Lipinski definition) is 7. The van der Waals surface area contributed by atoms with Crippen LogP contribution in [0.25, 0.3) is 11.0 Å². The summed E-state index contributed by atoms with van der Waals surface area (Å²) in [4.78, 5) is 51.3. The Bertz CT molecular complexity index is 2210. The molecule has 2 unspecified atom stereocenters. The van der Waals surface area contributed by atoms with Crippen molar-refractivity contribution in [2.45, 2.75) is 115 Å². The number of imidazole rings is 1. The maximum atomic E-state index is 16.3. The third-order valence-corrected chi connectivity index (χ3v) is 15.3. The molecule has 5 heterocycles. The molecular formula is C44H55F2N7O5Si. The Labute approximate surface area is 346 Å². The second-order valence-corrected chi connectivity index (χ2v) is 20.1. The minimum Gasteiger partial charge on any atom is -0.465 e. The summed E-state index contributed by atoms with van der Waals surface area (Å²) in [6.45, 7) is 11.6. The molecule has 4 aliphatic heterocycles. The number of aromatic nitrogens is 2. The number of likely N-dealkylation sites (tertiary alicyclic amines) is 2. The van der Waals surface area contributed by atoms with Crippen molar-refractivity contribution in [3.63, 3.8) is 0 Å². The van der Waals surface area contributed by atoms with Crippen LogP contribution in [0.3, 0.4) is 0 Å². The summed E-state index contributed by atoms with van der Waals surface area (Å²) >= 11 is 0. The number of amides is 3. The summed E-state index contributed by atoms with van der Waals surface area (Å²) in [6.07, 6.45) is 3.51. The lowest BCUT2D eigenvalue weighted by Crippen LogP contribution is -2.42. The summed E-state index contributed by atoms with van der Waals surface area (Å²) in [6, 6.07) is 16.0. The van der Waals surface area contributed by atoms with E-state index in [4.69, 9.17) is 9.72 Å². The van der Waals surface area contributed by atoms with Crippen molar-refractivity contribution in [3.8, 4) is 0 Å². The van der Waals surface area contributed by atoms with Crippen LogP contribution in [0.1, 0.15) is 115 Å². The SMILES string of the molecule is CC1(C)CCN(c2c(F)cc(N3[C@H](c4ccc(NC(=O)C5CCCN5C(=O)O)cc4)CC[C@H]3c3ccc4nc(C5CCCN5C(=O)OC(C)(C)C)[nH]c4c3)cc2F)[SiH2]C1. The highest BCUT2D eigenvalue weighted by Gasteiger charge is 2.39. The number of ether oxygens (including phenoxy) is 1. The molecule has 0 saturated carbocycles. The van der Waals surface area contributed by atoms with Crippen LogP contribution in [0.4, 0.5) is 35.4 Å². The Balaban J connectivity index is 1.10. The van der Waals surface area contributed by atoms with E-state index in [9.17, 15) is 19.5 Å². The number of carboxylic acid groups (broad SMARTS) is 1. The molecule has 8 rings (SSSR count). The van der Waals surface area contributed by atoms with Gasteiger partial charge in [0, 0.05) is 31.0 Å². The summed E-state index contributed by atoms with van der Waals surface area (Å²) in [5.41, 5.74) is 4.09. The van der Waals surface area contributed by atoms with Gasteiger partial charge in [-0.25, -0.2) is 23.4 Å². The van der Waals surface area contributed by atoms with E-state index in [1.807, 2.05) is 49.6 Å². The third kappa shape index (κ3) is 8.35. The number of carbonyl (C=O) groups is 3. The fourth-order valence-corrected chi connectivity index (χ4v) is 11.5. The summed E-state index contributed by atoms with van der Waals surface area (Å²) < 4.78 is 40.3. The molecule has 0 spiro atoms. The lowest BCUT2D eigenvalue weighted by molar-refractivity contribution is -0.119. The van der Waals surface area contributed by atoms with Crippen LogP contribution in [0.5, 0.6) is 0 Å². The monoisotopic (exact) mass is 827 g/mol. The first-order valence-corrected chi connectivity index (χ1v) is 22.6. The normalized spacial score (nSPS) is 23.7. The molecule has 3 aromatic carbocycles. The summed E-state index contributed by atoms with van der Waals surface area (Å²) in [7, 11) is -0.881. The highest BCUT2D eigenvalue weighted by Crippen LogP contribution is 2.49. The Morgan fingerprint density at radius 3 is 2.20 bits per heavy atom. The average molecular weight is 828 g/mol. The number of halogens is 2. The van der Waals surface area contributed by atoms with Gasteiger partial charge in [-0.15, -0.1) is 0 Å². The van der Waals surface area contributed by atoms with Gasteiger partial charge >= 0.3 is 12.2 Å². The minimum atomic E-state index is -1.11. The zero-order valence-electron chi connectivity index (χ0n) is 34.6. The minimum absolute atomic E-state index is 0.0748. The van der Waals surface area contributed by atoms with Crippen LogP contribution in [0, 0.1) is 17.0 Å². The number of benzene rings is 3. The van der Waals surface area contributed by atoms with Gasteiger partial charge in [-0.05, 0) is 125 Å². The quantitative estimate of drug-likeness (QED) is 0.158. The highest BCUT2D eigenvalue weighted by atomic mass is 28.2. The second-order valence-electron chi connectivity index (χ2n) is 18.4. The number of hydrogen-bond donors (Lipinski definition) is 3. The first-order valence-electron chi connectivity index (χ1n) is 21.0. The van der Waals surface area contributed by atoms with E-state index in [0.717, 1.165) is 47.5 Å². The van der Waals surface area contributed by atoms with E-state index < -0.39 is 39.1 Å². The maximum absolute atomic E-state index is 16.3. The van der Waals surface area contributed by atoms with Crippen molar-refractivity contribution in [2.24, 2.45) is 5.41 Å².